The van der Waals surface area contributed by atoms with Crippen LogP contribution in [0.25, 0.3) is 10.9 Å². The van der Waals surface area contributed by atoms with Gasteiger partial charge in [-0.3, -0.25) is 4.90 Å². The number of rotatable bonds is 3. The van der Waals surface area contributed by atoms with E-state index in [1.54, 1.807) is 6.92 Å². The van der Waals surface area contributed by atoms with E-state index in [4.69, 9.17) is 4.74 Å². The topological polar surface area (TPSA) is 65.6 Å². The molecule has 2 N–H and O–H groups in total. The van der Waals surface area contributed by atoms with Crippen molar-refractivity contribution in [2.45, 2.75) is 63.7 Å². The second-order valence-corrected chi connectivity index (χ2v) is 7.62. The standard InChI is InChI=1S/C20H26N2O3/c1-14-15(16-8-4-5-9-17(16)21-14)10-13-22-18(23)25-20(19(22,2)24)11-6-3-7-12-20/h4-5,8-9,21,24H,3,6-7,10-13H2,1-2H3. The largest absolute Gasteiger partial charge is 0.438 e. The van der Waals surface area contributed by atoms with Crippen molar-refractivity contribution >= 4 is 17.0 Å². The average Bonchev–Trinajstić information content (AvgIpc) is 2.99. The fourth-order valence-electron chi connectivity index (χ4n) is 4.63. The third-order valence-electron chi connectivity index (χ3n) is 6.17. The van der Waals surface area contributed by atoms with Crippen molar-refractivity contribution in [1.82, 2.24) is 9.88 Å². The van der Waals surface area contributed by atoms with Gasteiger partial charge in [-0.2, -0.15) is 0 Å². The van der Waals surface area contributed by atoms with E-state index in [1.165, 1.54) is 15.8 Å². The number of aliphatic hydroxyl groups is 1. The van der Waals surface area contributed by atoms with Gasteiger partial charge in [0, 0.05) is 23.1 Å². The predicted molar refractivity (Wildman–Crippen MR) is 96.4 cm³/mol. The van der Waals surface area contributed by atoms with E-state index in [1.807, 2.05) is 12.1 Å². The normalized spacial score (nSPS) is 25.7. The van der Waals surface area contributed by atoms with Gasteiger partial charge < -0.3 is 14.8 Å². The highest BCUT2D eigenvalue weighted by atomic mass is 16.6. The van der Waals surface area contributed by atoms with Gasteiger partial charge in [-0.05, 0) is 57.6 Å². The molecule has 2 heterocycles. The summed E-state index contributed by atoms with van der Waals surface area (Å²) >= 11 is 0. The lowest BCUT2D eigenvalue weighted by Gasteiger charge is -2.42. The van der Waals surface area contributed by atoms with E-state index >= 15 is 0 Å². The van der Waals surface area contributed by atoms with Gasteiger partial charge in [0.1, 0.15) is 0 Å². The molecule has 1 saturated heterocycles. The maximum absolute atomic E-state index is 12.5. The Labute approximate surface area is 148 Å². The van der Waals surface area contributed by atoms with Gasteiger partial charge in [-0.1, -0.05) is 24.6 Å². The molecule has 1 amide bonds. The first-order valence-corrected chi connectivity index (χ1v) is 9.24. The van der Waals surface area contributed by atoms with Crippen LogP contribution in [0.1, 0.15) is 50.3 Å². The number of hydrogen-bond donors (Lipinski definition) is 2. The fourth-order valence-corrected chi connectivity index (χ4v) is 4.63. The number of fused-ring (bicyclic) bond motifs is 1. The van der Waals surface area contributed by atoms with E-state index < -0.39 is 11.3 Å². The van der Waals surface area contributed by atoms with Gasteiger partial charge >= 0.3 is 6.09 Å². The summed E-state index contributed by atoms with van der Waals surface area (Å²) in [5.74, 6) is 0. The molecule has 134 valence electrons. The molecule has 1 aromatic carbocycles. The number of nitrogens with zero attached hydrogens (tertiary/aromatic N) is 1. The number of aromatic nitrogens is 1. The highest BCUT2D eigenvalue weighted by Gasteiger charge is 2.61. The lowest BCUT2D eigenvalue weighted by molar-refractivity contribution is -0.158. The second-order valence-electron chi connectivity index (χ2n) is 7.62. The maximum Gasteiger partial charge on any atom is 0.412 e. The van der Waals surface area contributed by atoms with Crippen LogP contribution in [0.4, 0.5) is 4.79 Å². The Balaban J connectivity index is 1.58. The van der Waals surface area contributed by atoms with E-state index in [0.29, 0.717) is 13.0 Å². The summed E-state index contributed by atoms with van der Waals surface area (Å²) in [7, 11) is 0. The summed E-state index contributed by atoms with van der Waals surface area (Å²) in [5, 5.41) is 12.4. The molecule has 1 aliphatic heterocycles. The lowest BCUT2D eigenvalue weighted by atomic mass is 9.77. The van der Waals surface area contributed by atoms with E-state index in [-0.39, 0.29) is 6.09 Å². The highest BCUT2D eigenvalue weighted by Crippen LogP contribution is 2.46. The molecule has 1 unspecified atom stereocenters. The number of carbonyl (C=O) groups excluding carboxylic acids is 1. The van der Waals surface area contributed by atoms with Crippen LogP contribution >= 0.6 is 0 Å². The number of H-pyrrole nitrogens is 1. The predicted octanol–water partition coefficient (Wildman–Crippen LogP) is 3.88. The van der Waals surface area contributed by atoms with Crippen molar-refractivity contribution in [3.8, 4) is 0 Å². The number of hydrogen-bond acceptors (Lipinski definition) is 3. The van der Waals surface area contributed by atoms with Gasteiger partial charge in [0.25, 0.3) is 0 Å². The Morgan fingerprint density at radius 3 is 2.72 bits per heavy atom. The third kappa shape index (κ3) is 2.44. The van der Waals surface area contributed by atoms with Crippen LogP contribution in [0.5, 0.6) is 0 Å². The first-order valence-electron chi connectivity index (χ1n) is 9.24. The molecule has 1 saturated carbocycles. The van der Waals surface area contributed by atoms with E-state index in [9.17, 15) is 9.90 Å². The first-order chi connectivity index (χ1) is 11.9. The number of benzene rings is 1. The Hall–Kier alpha value is -2.01. The van der Waals surface area contributed by atoms with Crippen molar-refractivity contribution in [2.24, 2.45) is 0 Å². The molecule has 0 bridgehead atoms. The summed E-state index contributed by atoms with van der Waals surface area (Å²) < 4.78 is 5.73. The highest BCUT2D eigenvalue weighted by molar-refractivity contribution is 5.84. The Bertz CT molecular complexity index is 802. The van der Waals surface area contributed by atoms with Crippen LogP contribution in [-0.4, -0.2) is 39.0 Å². The van der Waals surface area contributed by atoms with Gasteiger partial charge in [0.2, 0.25) is 0 Å². The molecule has 2 fully saturated rings. The quantitative estimate of drug-likeness (QED) is 0.889. The van der Waals surface area contributed by atoms with Crippen molar-refractivity contribution in [3.63, 3.8) is 0 Å². The van der Waals surface area contributed by atoms with Crippen molar-refractivity contribution < 1.29 is 14.6 Å². The Kier molecular flexibility index (Phi) is 3.80. The summed E-state index contributed by atoms with van der Waals surface area (Å²) in [6.45, 7) is 4.25. The summed E-state index contributed by atoms with van der Waals surface area (Å²) in [4.78, 5) is 17.4. The van der Waals surface area contributed by atoms with Crippen LogP contribution in [0.3, 0.4) is 0 Å². The molecule has 1 atom stereocenters. The van der Waals surface area contributed by atoms with Crippen LogP contribution < -0.4 is 0 Å². The van der Waals surface area contributed by atoms with Crippen LogP contribution in [0.15, 0.2) is 24.3 Å². The molecule has 1 aliphatic carbocycles. The average molecular weight is 342 g/mol. The first kappa shape index (κ1) is 16.5. The number of para-hydroxylation sites is 1. The molecule has 5 nitrogen and oxygen atoms in total. The number of aryl methyl sites for hydroxylation is 1. The number of aromatic amines is 1. The minimum atomic E-state index is -1.25. The minimum Gasteiger partial charge on any atom is -0.438 e. The van der Waals surface area contributed by atoms with Crippen LogP contribution in [-0.2, 0) is 11.2 Å². The smallest absolute Gasteiger partial charge is 0.412 e. The van der Waals surface area contributed by atoms with E-state index in [2.05, 4.69) is 24.0 Å². The van der Waals surface area contributed by atoms with Gasteiger partial charge in [-0.15, -0.1) is 0 Å². The molecule has 1 spiro atoms. The molecule has 5 heteroatoms. The van der Waals surface area contributed by atoms with Gasteiger partial charge in [-0.25, -0.2) is 4.79 Å². The second kappa shape index (κ2) is 5.77. The third-order valence-corrected chi connectivity index (χ3v) is 6.17. The molecule has 4 rings (SSSR count). The molecule has 25 heavy (non-hydrogen) atoms. The van der Waals surface area contributed by atoms with Crippen LogP contribution in [0, 0.1) is 6.92 Å². The van der Waals surface area contributed by atoms with Crippen molar-refractivity contribution in [3.05, 3.63) is 35.5 Å². The zero-order valence-corrected chi connectivity index (χ0v) is 15.0. The summed E-state index contributed by atoms with van der Waals surface area (Å²) in [6.07, 6.45) is 4.94. The molecule has 1 aromatic heterocycles. The fraction of sp³-hybridized carbons (Fsp3) is 0.550. The molecular formula is C20H26N2O3. The molecular weight excluding hydrogens is 316 g/mol. The maximum atomic E-state index is 12.5. The molecule has 2 aliphatic rings. The Morgan fingerprint density at radius 1 is 1.24 bits per heavy atom. The lowest BCUT2D eigenvalue weighted by Crippen LogP contribution is -2.57. The van der Waals surface area contributed by atoms with Crippen molar-refractivity contribution in [1.29, 1.82) is 0 Å². The number of amides is 1. The SMILES string of the molecule is Cc1[nH]c2ccccc2c1CCN1C(=O)OC2(CCCCC2)C1(C)O. The minimum absolute atomic E-state index is 0.385. The van der Waals surface area contributed by atoms with Gasteiger partial charge in [0.05, 0.1) is 0 Å². The van der Waals surface area contributed by atoms with E-state index in [0.717, 1.165) is 43.3 Å². The van der Waals surface area contributed by atoms with Gasteiger partial charge in [0.15, 0.2) is 11.3 Å². The van der Waals surface area contributed by atoms with Crippen molar-refractivity contribution in [2.75, 3.05) is 6.54 Å². The number of ether oxygens (including phenoxy) is 1. The summed E-state index contributed by atoms with van der Waals surface area (Å²) in [5.41, 5.74) is 1.43. The number of carbonyl (C=O) groups is 1. The number of nitrogens with one attached hydrogen (secondary N) is 1. The summed E-state index contributed by atoms with van der Waals surface area (Å²) in [6, 6.07) is 8.19. The molecule has 0 radical (unpaired) electrons. The zero-order chi connectivity index (χ0) is 17.7. The van der Waals surface area contributed by atoms with Crippen LogP contribution in [0.2, 0.25) is 0 Å². The monoisotopic (exact) mass is 342 g/mol. The Morgan fingerprint density at radius 2 is 1.96 bits per heavy atom. The molecule has 2 aromatic rings. The zero-order valence-electron chi connectivity index (χ0n) is 15.0.